The van der Waals surface area contributed by atoms with Gasteiger partial charge in [-0.1, -0.05) is 13.3 Å². The highest BCUT2D eigenvalue weighted by Gasteiger charge is 2.25. The van der Waals surface area contributed by atoms with E-state index < -0.39 is 0 Å². The SMILES string of the molecule is CCc1cnc(CCNC(=O)C[C@@H]2CCC[C@H]2N)s1.Cl.Cl. The molecule has 7 heteroatoms. The van der Waals surface area contributed by atoms with Gasteiger partial charge in [-0.05, 0) is 25.2 Å². The molecule has 1 aliphatic carbocycles. The Kier molecular flexibility index (Phi) is 10.2. The lowest BCUT2D eigenvalue weighted by Crippen LogP contribution is -2.32. The lowest BCUT2D eigenvalue weighted by atomic mass is 10.00. The lowest BCUT2D eigenvalue weighted by molar-refractivity contribution is -0.122. The molecule has 122 valence electrons. The van der Waals surface area contributed by atoms with E-state index in [9.17, 15) is 4.79 Å². The maximum absolute atomic E-state index is 11.8. The zero-order valence-corrected chi connectivity index (χ0v) is 14.8. The quantitative estimate of drug-likeness (QED) is 0.825. The van der Waals surface area contributed by atoms with Crippen molar-refractivity contribution < 1.29 is 4.79 Å². The number of aromatic nitrogens is 1. The summed E-state index contributed by atoms with van der Waals surface area (Å²) in [6.45, 7) is 2.81. The first-order valence-electron chi connectivity index (χ1n) is 7.15. The van der Waals surface area contributed by atoms with Gasteiger partial charge in [0.2, 0.25) is 5.91 Å². The van der Waals surface area contributed by atoms with E-state index >= 15 is 0 Å². The van der Waals surface area contributed by atoms with E-state index in [2.05, 4.69) is 17.2 Å². The third-order valence-corrected chi connectivity index (χ3v) is 4.98. The Morgan fingerprint density at radius 1 is 1.48 bits per heavy atom. The second kappa shape index (κ2) is 10.4. The molecule has 2 atom stereocenters. The number of hydrogen-bond donors (Lipinski definition) is 2. The van der Waals surface area contributed by atoms with Gasteiger partial charge in [0.05, 0.1) is 5.01 Å². The Bertz CT molecular complexity index is 428. The summed E-state index contributed by atoms with van der Waals surface area (Å²) in [6.07, 6.45) is 7.70. The molecule has 0 bridgehead atoms. The van der Waals surface area contributed by atoms with E-state index in [0.717, 1.165) is 37.1 Å². The second-order valence-corrected chi connectivity index (χ2v) is 6.43. The molecule has 0 aromatic carbocycles. The summed E-state index contributed by atoms with van der Waals surface area (Å²) in [5.74, 6) is 0.515. The third-order valence-electron chi connectivity index (χ3n) is 3.78. The van der Waals surface area contributed by atoms with Crippen molar-refractivity contribution in [1.82, 2.24) is 10.3 Å². The Morgan fingerprint density at radius 2 is 2.24 bits per heavy atom. The van der Waals surface area contributed by atoms with Crippen LogP contribution < -0.4 is 11.1 Å². The summed E-state index contributed by atoms with van der Waals surface area (Å²) >= 11 is 1.74. The van der Waals surface area contributed by atoms with Gasteiger partial charge in [0.15, 0.2) is 0 Å². The number of thiazole rings is 1. The number of carbonyl (C=O) groups excluding carboxylic acids is 1. The molecule has 1 amide bonds. The predicted molar refractivity (Wildman–Crippen MR) is 92.6 cm³/mol. The molecule has 1 heterocycles. The van der Waals surface area contributed by atoms with Gasteiger partial charge in [-0.3, -0.25) is 4.79 Å². The van der Waals surface area contributed by atoms with Crippen molar-refractivity contribution in [3.63, 3.8) is 0 Å². The molecule has 1 aromatic heterocycles. The molecular weight excluding hydrogens is 329 g/mol. The fourth-order valence-corrected chi connectivity index (χ4v) is 3.43. The summed E-state index contributed by atoms with van der Waals surface area (Å²) < 4.78 is 0. The fraction of sp³-hybridized carbons (Fsp3) is 0.714. The van der Waals surface area contributed by atoms with Crippen LogP contribution in [0.25, 0.3) is 0 Å². The van der Waals surface area contributed by atoms with Gasteiger partial charge < -0.3 is 11.1 Å². The number of halogens is 2. The highest BCUT2D eigenvalue weighted by Crippen LogP contribution is 2.26. The van der Waals surface area contributed by atoms with Gasteiger partial charge in [0.25, 0.3) is 0 Å². The molecule has 21 heavy (non-hydrogen) atoms. The normalized spacial score (nSPS) is 20.5. The number of amides is 1. The van der Waals surface area contributed by atoms with Crippen LogP contribution in [0.5, 0.6) is 0 Å². The first kappa shape index (κ1) is 20.6. The standard InChI is InChI=1S/C14H23N3OS.2ClH/c1-2-11-9-17-14(19-11)6-7-16-13(18)8-10-4-3-5-12(10)15;;/h9-10,12H,2-8,15H2,1H3,(H,16,18);2*1H/t10-,12+;;/m0../s1. The molecule has 4 nitrogen and oxygen atoms in total. The van der Waals surface area contributed by atoms with Crippen molar-refractivity contribution in [2.24, 2.45) is 11.7 Å². The summed E-state index contributed by atoms with van der Waals surface area (Å²) in [5.41, 5.74) is 5.98. The topological polar surface area (TPSA) is 68.0 Å². The van der Waals surface area contributed by atoms with Gasteiger partial charge in [0.1, 0.15) is 0 Å². The number of nitrogens with zero attached hydrogens (tertiary/aromatic N) is 1. The van der Waals surface area contributed by atoms with Gasteiger partial charge in [-0.25, -0.2) is 4.98 Å². The molecule has 0 saturated heterocycles. The van der Waals surface area contributed by atoms with Crippen molar-refractivity contribution in [2.45, 2.75) is 51.5 Å². The summed E-state index contributed by atoms with van der Waals surface area (Å²) in [4.78, 5) is 17.5. The van der Waals surface area contributed by atoms with Gasteiger partial charge >= 0.3 is 0 Å². The van der Waals surface area contributed by atoms with E-state index in [-0.39, 0.29) is 36.8 Å². The van der Waals surface area contributed by atoms with Crippen molar-refractivity contribution in [3.05, 3.63) is 16.1 Å². The molecule has 1 saturated carbocycles. The zero-order valence-electron chi connectivity index (χ0n) is 12.3. The van der Waals surface area contributed by atoms with E-state index in [1.165, 1.54) is 4.88 Å². The molecular formula is C14H25Cl2N3OS. The average Bonchev–Trinajstić information content (AvgIpc) is 2.99. The van der Waals surface area contributed by atoms with Crippen LogP contribution >= 0.6 is 36.2 Å². The number of nitrogens with one attached hydrogen (secondary N) is 1. The number of nitrogens with two attached hydrogens (primary N) is 1. The van der Waals surface area contributed by atoms with Gasteiger partial charge in [-0.2, -0.15) is 0 Å². The first-order valence-corrected chi connectivity index (χ1v) is 7.96. The van der Waals surface area contributed by atoms with Crippen LogP contribution in [0.15, 0.2) is 6.20 Å². The molecule has 1 aromatic rings. The number of rotatable bonds is 6. The monoisotopic (exact) mass is 353 g/mol. The van der Waals surface area contributed by atoms with E-state index in [1.807, 2.05) is 6.20 Å². The van der Waals surface area contributed by atoms with Crippen LogP contribution in [0.3, 0.4) is 0 Å². The summed E-state index contributed by atoms with van der Waals surface area (Å²) in [5, 5.41) is 4.08. The second-order valence-electron chi connectivity index (χ2n) is 5.23. The van der Waals surface area contributed by atoms with Gasteiger partial charge in [-0.15, -0.1) is 36.2 Å². The van der Waals surface area contributed by atoms with Crippen molar-refractivity contribution >= 4 is 42.1 Å². The van der Waals surface area contributed by atoms with Crippen molar-refractivity contribution in [1.29, 1.82) is 0 Å². The van der Waals surface area contributed by atoms with Crippen LogP contribution in [0.2, 0.25) is 0 Å². The Morgan fingerprint density at radius 3 is 2.81 bits per heavy atom. The maximum Gasteiger partial charge on any atom is 0.220 e. The first-order chi connectivity index (χ1) is 9.19. The number of aryl methyl sites for hydroxylation is 1. The average molecular weight is 354 g/mol. The molecule has 0 aliphatic heterocycles. The third kappa shape index (κ3) is 6.51. The largest absolute Gasteiger partial charge is 0.356 e. The fourth-order valence-electron chi connectivity index (χ4n) is 2.57. The summed E-state index contributed by atoms with van der Waals surface area (Å²) in [7, 11) is 0. The van der Waals surface area contributed by atoms with Crippen LogP contribution in [-0.4, -0.2) is 23.5 Å². The molecule has 0 spiro atoms. The van der Waals surface area contributed by atoms with Crippen LogP contribution in [0.1, 0.15) is 42.5 Å². The van der Waals surface area contributed by atoms with Crippen LogP contribution in [0.4, 0.5) is 0 Å². The van der Waals surface area contributed by atoms with Crippen LogP contribution in [0, 0.1) is 5.92 Å². The van der Waals surface area contributed by atoms with E-state index in [1.54, 1.807) is 11.3 Å². The highest BCUT2D eigenvalue weighted by atomic mass is 35.5. The lowest BCUT2D eigenvalue weighted by Gasteiger charge is -2.14. The molecule has 1 aliphatic rings. The highest BCUT2D eigenvalue weighted by molar-refractivity contribution is 7.11. The number of carbonyl (C=O) groups is 1. The minimum Gasteiger partial charge on any atom is -0.356 e. The molecule has 0 unspecified atom stereocenters. The van der Waals surface area contributed by atoms with Crippen molar-refractivity contribution in [3.8, 4) is 0 Å². The Balaban J connectivity index is 0.00000200. The van der Waals surface area contributed by atoms with E-state index in [0.29, 0.717) is 18.9 Å². The Labute approximate surface area is 143 Å². The van der Waals surface area contributed by atoms with Gasteiger partial charge in [0, 0.05) is 36.5 Å². The number of hydrogen-bond acceptors (Lipinski definition) is 4. The predicted octanol–water partition coefficient (Wildman–Crippen LogP) is 2.73. The Hall–Kier alpha value is -0.360. The summed E-state index contributed by atoms with van der Waals surface area (Å²) in [6, 6.07) is 0.219. The minimum atomic E-state index is 0. The smallest absolute Gasteiger partial charge is 0.220 e. The molecule has 1 fully saturated rings. The molecule has 3 N–H and O–H groups in total. The zero-order chi connectivity index (χ0) is 13.7. The maximum atomic E-state index is 11.8. The van der Waals surface area contributed by atoms with Crippen molar-refractivity contribution in [2.75, 3.05) is 6.54 Å². The molecule has 2 rings (SSSR count). The van der Waals surface area contributed by atoms with Crippen LogP contribution in [-0.2, 0) is 17.6 Å². The molecule has 0 radical (unpaired) electrons. The minimum absolute atomic E-state index is 0. The van der Waals surface area contributed by atoms with E-state index in [4.69, 9.17) is 5.73 Å².